The van der Waals surface area contributed by atoms with Gasteiger partial charge in [-0.2, -0.15) is 0 Å². The molecule has 1 fully saturated rings. The van der Waals surface area contributed by atoms with Crippen molar-refractivity contribution in [3.63, 3.8) is 0 Å². The maximum absolute atomic E-state index is 12.8. The Labute approximate surface area is 176 Å². The van der Waals surface area contributed by atoms with Crippen LogP contribution in [0.25, 0.3) is 0 Å². The predicted octanol–water partition coefficient (Wildman–Crippen LogP) is 4.02. The number of hydrogen-bond donors (Lipinski definition) is 1. The minimum absolute atomic E-state index is 0.0708. The number of nitrogens with zero attached hydrogens (tertiary/aromatic N) is 4. The fourth-order valence-corrected chi connectivity index (χ4v) is 4.21. The van der Waals surface area contributed by atoms with Crippen molar-refractivity contribution in [2.75, 3.05) is 29.9 Å². The fraction of sp³-hybridized carbons (Fsp3) is 0.292. The van der Waals surface area contributed by atoms with E-state index in [4.69, 9.17) is 0 Å². The first kappa shape index (κ1) is 18.6. The lowest BCUT2D eigenvalue weighted by Crippen LogP contribution is -2.36. The number of fused-ring (bicyclic) bond motifs is 1. The van der Waals surface area contributed by atoms with Crippen molar-refractivity contribution in [3.8, 4) is 0 Å². The van der Waals surface area contributed by atoms with Crippen LogP contribution in [0.15, 0.2) is 60.9 Å². The van der Waals surface area contributed by atoms with E-state index >= 15 is 0 Å². The standard InChI is InChI=1S/C24H25N5O/c30-24(29-14-11-18-5-1-2-6-19(18)17-29)22-15-26-23(16-25-22)27-20-7-9-21(10-8-20)28-12-3-4-13-28/h1-2,5-10,15-16H,3-4,11-14,17H2,(H,26,27). The number of benzene rings is 2. The number of amides is 1. The average Bonchev–Trinajstić information content (AvgIpc) is 3.34. The number of aromatic nitrogens is 2. The van der Waals surface area contributed by atoms with Gasteiger partial charge in [0.2, 0.25) is 0 Å². The van der Waals surface area contributed by atoms with E-state index in [-0.39, 0.29) is 5.91 Å². The topological polar surface area (TPSA) is 61.4 Å². The lowest BCUT2D eigenvalue weighted by atomic mass is 10.00. The van der Waals surface area contributed by atoms with Gasteiger partial charge in [-0.3, -0.25) is 4.79 Å². The summed E-state index contributed by atoms with van der Waals surface area (Å²) in [4.78, 5) is 25.9. The summed E-state index contributed by atoms with van der Waals surface area (Å²) in [6.45, 7) is 3.60. The molecular weight excluding hydrogens is 374 g/mol. The molecule has 3 aromatic rings. The lowest BCUT2D eigenvalue weighted by Gasteiger charge is -2.28. The molecule has 1 amide bonds. The summed E-state index contributed by atoms with van der Waals surface area (Å²) in [6, 6.07) is 16.7. The Bertz CT molecular complexity index is 1030. The van der Waals surface area contributed by atoms with Crippen LogP contribution in [0.1, 0.15) is 34.5 Å². The van der Waals surface area contributed by atoms with Crippen molar-refractivity contribution in [3.05, 3.63) is 77.7 Å². The van der Waals surface area contributed by atoms with Gasteiger partial charge >= 0.3 is 0 Å². The van der Waals surface area contributed by atoms with Gasteiger partial charge in [-0.1, -0.05) is 24.3 Å². The van der Waals surface area contributed by atoms with Crippen LogP contribution in [0.2, 0.25) is 0 Å². The van der Waals surface area contributed by atoms with Gasteiger partial charge in [-0.25, -0.2) is 9.97 Å². The second-order valence-corrected chi connectivity index (χ2v) is 7.90. The zero-order chi connectivity index (χ0) is 20.3. The molecule has 2 aliphatic rings. The molecule has 0 atom stereocenters. The first-order valence-corrected chi connectivity index (χ1v) is 10.6. The molecule has 0 unspecified atom stereocenters. The van der Waals surface area contributed by atoms with Crippen molar-refractivity contribution in [1.29, 1.82) is 0 Å². The van der Waals surface area contributed by atoms with Gasteiger partial charge < -0.3 is 15.1 Å². The van der Waals surface area contributed by atoms with Crippen LogP contribution < -0.4 is 10.2 Å². The highest BCUT2D eigenvalue weighted by Crippen LogP contribution is 2.24. The van der Waals surface area contributed by atoms with E-state index in [0.717, 1.165) is 25.2 Å². The van der Waals surface area contributed by atoms with E-state index in [2.05, 4.69) is 56.6 Å². The van der Waals surface area contributed by atoms with Gasteiger partial charge in [0, 0.05) is 37.6 Å². The summed E-state index contributed by atoms with van der Waals surface area (Å²) in [5.74, 6) is 0.558. The van der Waals surface area contributed by atoms with Crippen molar-refractivity contribution >= 4 is 23.1 Å². The highest BCUT2D eigenvalue weighted by Gasteiger charge is 2.22. The average molecular weight is 399 g/mol. The van der Waals surface area contributed by atoms with Gasteiger partial charge in [-0.05, 0) is 54.7 Å². The summed E-state index contributed by atoms with van der Waals surface area (Å²) < 4.78 is 0. The van der Waals surface area contributed by atoms with Crippen molar-refractivity contribution < 1.29 is 4.79 Å². The number of hydrogen-bond acceptors (Lipinski definition) is 5. The molecular formula is C24H25N5O. The Morgan fingerprint density at radius 3 is 2.37 bits per heavy atom. The van der Waals surface area contributed by atoms with Crippen molar-refractivity contribution in [2.24, 2.45) is 0 Å². The van der Waals surface area contributed by atoms with Gasteiger partial charge in [0.05, 0.1) is 12.4 Å². The number of carbonyl (C=O) groups excluding carboxylic acids is 1. The first-order chi connectivity index (χ1) is 14.8. The Hall–Kier alpha value is -3.41. The predicted molar refractivity (Wildman–Crippen MR) is 118 cm³/mol. The van der Waals surface area contributed by atoms with Crippen LogP contribution in [0, 0.1) is 0 Å². The van der Waals surface area contributed by atoms with Crippen molar-refractivity contribution in [1.82, 2.24) is 14.9 Å². The van der Waals surface area contributed by atoms with E-state index < -0.39 is 0 Å². The van der Waals surface area contributed by atoms with E-state index in [1.807, 2.05) is 17.0 Å². The van der Waals surface area contributed by atoms with Gasteiger partial charge in [0.25, 0.3) is 5.91 Å². The third-order valence-corrected chi connectivity index (χ3v) is 5.90. The largest absolute Gasteiger partial charge is 0.372 e. The molecule has 2 aliphatic heterocycles. The molecule has 5 rings (SSSR count). The summed E-state index contributed by atoms with van der Waals surface area (Å²) in [5, 5.41) is 3.26. The highest BCUT2D eigenvalue weighted by molar-refractivity contribution is 5.92. The van der Waals surface area contributed by atoms with Crippen LogP contribution >= 0.6 is 0 Å². The summed E-state index contributed by atoms with van der Waals surface area (Å²) in [5.41, 5.74) is 5.13. The molecule has 0 radical (unpaired) electrons. The summed E-state index contributed by atoms with van der Waals surface area (Å²) in [7, 11) is 0. The maximum Gasteiger partial charge on any atom is 0.274 e. The zero-order valence-electron chi connectivity index (χ0n) is 16.9. The third kappa shape index (κ3) is 3.85. The quantitative estimate of drug-likeness (QED) is 0.718. The monoisotopic (exact) mass is 399 g/mol. The van der Waals surface area contributed by atoms with Gasteiger partial charge in [-0.15, -0.1) is 0 Å². The van der Waals surface area contributed by atoms with Crippen LogP contribution in [0.4, 0.5) is 17.2 Å². The molecule has 6 nitrogen and oxygen atoms in total. The number of anilines is 3. The Balaban J connectivity index is 1.23. The first-order valence-electron chi connectivity index (χ1n) is 10.6. The third-order valence-electron chi connectivity index (χ3n) is 5.90. The normalized spacial score (nSPS) is 15.7. The molecule has 0 aliphatic carbocycles. The Morgan fingerprint density at radius 1 is 0.867 bits per heavy atom. The van der Waals surface area contributed by atoms with E-state index in [1.165, 1.54) is 29.7 Å². The molecule has 0 bridgehead atoms. The van der Waals surface area contributed by atoms with Crippen LogP contribution in [0.3, 0.4) is 0 Å². The zero-order valence-corrected chi connectivity index (χ0v) is 16.9. The summed E-state index contributed by atoms with van der Waals surface area (Å²) in [6.07, 6.45) is 6.60. The minimum atomic E-state index is -0.0708. The molecule has 6 heteroatoms. The number of rotatable bonds is 4. The van der Waals surface area contributed by atoms with Crippen LogP contribution in [-0.2, 0) is 13.0 Å². The molecule has 30 heavy (non-hydrogen) atoms. The fourth-order valence-electron chi connectivity index (χ4n) is 4.21. The molecule has 0 spiro atoms. The van der Waals surface area contributed by atoms with Crippen LogP contribution in [0.5, 0.6) is 0 Å². The van der Waals surface area contributed by atoms with E-state index in [9.17, 15) is 4.79 Å². The smallest absolute Gasteiger partial charge is 0.274 e. The molecule has 1 saturated heterocycles. The minimum Gasteiger partial charge on any atom is -0.372 e. The second kappa shape index (κ2) is 8.14. The second-order valence-electron chi connectivity index (χ2n) is 7.90. The van der Waals surface area contributed by atoms with Crippen LogP contribution in [-0.4, -0.2) is 40.4 Å². The lowest BCUT2D eigenvalue weighted by molar-refractivity contribution is 0.0728. The molecule has 3 heterocycles. The maximum atomic E-state index is 12.8. The molecule has 0 saturated carbocycles. The Morgan fingerprint density at radius 2 is 1.63 bits per heavy atom. The number of carbonyl (C=O) groups is 1. The summed E-state index contributed by atoms with van der Waals surface area (Å²) >= 11 is 0. The molecule has 1 aromatic heterocycles. The molecule has 2 aromatic carbocycles. The highest BCUT2D eigenvalue weighted by atomic mass is 16.2. The van der Waals surface area contributed by atoms with Gasteiger partial charge in [0.15, 0.2) is 0 Å². The van der Waals surface area contributed by atoms with E-state index in [0.29, 0.717) is 24.6 Å². The Kier molecular flexibility index (Phi) is 5.05. The SMILES string of the molecule is O=C(c1cnc(Nc2ccc(N3CCCC3)cc2)cn1)N1CCc2ccccc2C1. The molecule has 152 valence electrons. The molecule has 1 N–H and O–H groups in total. The van der Waals surface area contributed by atoms with E-state index in [1.54, 1.807) is 12.4 Å². The van der Waals surface area contributed by atoms with Gasteiger partial charge in [0.1, 0.15) is 11.5 Å². The number of nitrogens with one attached hydrogen (secondary N) is 1. The van der Waals surface area contributed by atoms with Crippen molar-refractivity contribution in [2.45, 2.75) is 25.8 Å².